The predicted molar refractivity (Wildman–Crippen MR) is 118 cm³/mol. The van der Waals surface area contributed by atoms with E-state index in [0.717, 1.165) is 11.0 Å². The summed E-state index contributed by atoms with van der Waals surface area (Å²) >= 11 is 5.70. The molecule has 0 spiro atoms. The Morgan fingerprint density at radius 1 is 1.27 bits per heavy atom. The minimum Gasteiger partial charge on any atom is -0.379 e. The molecule has 30 heavy (non-hydrogen) atoms. The van der Waals surface area contributed by atoms with Gasteiger partial charge in [-0.2, -0.15) is 36.9 Å². The lowest BCUT2D eigenvalue weighted by molar-refractivity contribution is -0.137. The van der Waals surface area contributed by atoms with Gasteiger partial charge in [-0.05, 0) is 61.6 Å². The zero-order valence-corrected chi connectivity index (χ0v) is 18.1. The zero-order valence-electron chi connectivity index (χ0n) is 15.4. The van der Waals surface area contributed by atoms with Crippen molar-refractivity contribution in [2.75, 3.05) is 11.1 Å². The van der Waals surface area contributed by atoms with Gasteiger partial charge in [0.05, 0.1) is 28.0 Å². The van der Waals surface area contributed by atoms with Crippen molar-refractivity contribution in [1.82, 2.24) is 0 Å². The average molecular weight is 472 g/mol. The molecule has 0 aromatic heterocycles. The van der Waals surface area contributed by atoms with E-state index in [0.29, 0.717) is 11.8 Å². The number of carbonyl (C=O) groups excluding carboxylic acids is 1. The van der Waals surface area contributed by atoms with Crippen LogP contribution >= 0.6 is 37.5 Å². The van der Waals surface area contributed by atoms with Crippen LogP contribution < -0.4 is 5.32 Å². The molecule has 2 N–H and O–H groups in total. The largest absolute Gasteiger partial charge is 0.417 e. The highest BCUT2D eigenvalue weighted by atomic mass is 32.2. The fourth-order valence-electron chi connectivity index (χ4n) is 2.18. The molecule has 2 aromatic carbocycles. The number of alkyl halides is 3. The Hall–Kier alpha value is -2.35. The van der Waals surface area contributed by atoms with Crippen molar-refractivity contribution in [2.24, 2.45) is 4.99 Å². The van der Waals surface area contributed by atoms with Gasteiger partial charge in [0.15, 0.2) is 0 Å². The molecule has 0 unspecified atom stereocenters. The summed E-state index contributed by atoms with van der Waals surface area (Å²) in [5, 5.41) is 23.7. The Morgan fingerprint density at radius 3 is 2.43 bits per heavy atom. The van der Waals surface area contributed by atoms with E-state index >= 15 is 0 Å². The van der Waals surface area contributed by atoms with Gasteiger partial charge in [0.1, 0.15) is 5.60 Å². The molecule has 1 atom stereocenters. The second-order valence-corrected chi connectivity index (χ2v) is 7.31. The Kier molecular flexibility index (Phi) is 9.09. The Labute approximate surface area is 187 Å². The molecular weight excluding hydrogens is 455 g/mol. The molecule has 0 aliphatic carbocycles. The minimum absolute atomic E-state index is 0. The maximum Gasteiger partial charge on any atom is 0.417 e. The number of rotatable bonds is 6. The highest BCUT2D eigenvalue weighted by Gasteiger charge is 2.35. The van der Waals surface area contributed by atoms with Crippen molar-refractivity contribution in [3.05, 3.63) is 53.6 Å². The first kappa shape index (κ1) is 25.7. The number of carbonyl (C=O) groups is 1. The summed E-state index contributed by atoms with van der Waals surface area (Å²) in [6, 6.07) is 11.1. The van der Waals surface area contributed by atoms with Gasteiger partial charge in [-0.1, -0.05) is 0 Å². The molecule has 0 aliphatic rings. The van der Waals surface area contributed by atoms with Crippen molar-refractivity contribution >= 4 is 59.9 Å². The molecule has 0 heterocycles. The second kappa shape index (κ2) is 10.6. The van der Waals surface area contributed by atoms with Gasteiger partial charge in [0, 0.05) is 16.3 Å². The third-order valence-electron chi connectivity index (χ3n) is 3.72. The quantitative estimate of drug-likeness (QED) is 0.355. The van der Waals surface area contributed by atoms with Crippen LogP contribution in [0.5, 0.6) is 0 Å². The highest BCUT2D eigenvalue weighted by Crippen LogP contribution is 2.34. The van der Waals surface area contributed by atoms with Gasteiger partial charge >= 0.3 is 6.18 Å². The number of halogens is 3. The van der Waals surface area contributed by atoms with Crippen LogP contribution in [0.25, 0.3) is 0 Å². The molecule has 0 radical (unpaired) electrons. The summed E-state index contributed by atoms with van der Waals surface area (Å²) < 4.78 is 39.1. The Morgan fingerprint density at radius 2 is 1.90 bits per heavy atom. The van der Waals surface area contributed by atoms with Gasteiger partial charge in [-0.25, -0.2) is 0 Å². The molecule has 11 heteroatoms. The summed E-state index contributed by atoms with van der Waals surface area (Å²) in [7, 11) is 0. The first-order chi connectivity index (χ1) is 13.6. The number of aliphatic hydroxyl groups is 1. The lowest BCUT2D eigenvalue weighted by Crippen LogP contribution is -2.42. The van der Waals surface area contributed by atoms with Gasteiger partial charge < -0.3 is 10.4 Å². The molecule has 2 rings (SSSR count). The van der Waals surface area contributed by atoms with Crippen LogP contribution in [0.3, 0.4) is 0 Å². The number of hydrogen-bond donors (Lipinski definition) is 2. The standard InChI is InChI=1S/C19H14F3N3O2S2.H2S/c1-18(27,10-29-15-6-4-13(5-7-15)24-11-28)17(26)25-14-3-2-12(9-23)16(8-14)19(20,21)22;/h2-8,27H,10H2,1H3,(H,25,26);1H2/t18-;/m1./s1. The minimum atomic E-state index is -4.75. The number of aliphatic imine (C=N–C) groups is 1. The molecule has 5 nitrogen and oxygen atoms in total. The van der Waals surface area contributed by atoms with E-state index < -0.39 is 28.8 Å². The smallest absolute Gasteiger partial charge is 0.379 e. The average Bonchev–Trinajstić information content (AvgIpc) is 2.67. The van der Waals surface area contributed by atoms with Crippen molar-refractivity contribution in [2.45, 2.75) is 23.6 Å². The third kappa shape index (κ3) is 6.86. The lowest BCUT2D eigenvalue weighted by Gasteiger charge is -2.22. The first-order valence-corrected chi connectivity index (χ1v) is 9.42. The van der Waals surface area contributed by atoms with Crippen molar-refractivity contribution in [3.8, 4) is 6.07 Å². The maximum absolute atomic E-state index is 13.0. The second-order valence-electron chi connectivity index (χ2n) is 6.08. The number of nitrogens with zero attached hydrogens (tertiary/aromatic N) is 2. The summed E-state index contributed by atoms with van der Waals surface area (Å²) in [4.78, 5) is 16.9. The van der Waals surface area contributed by atoms with E-state index in [1.165, 1.54) is 30.8 Å². The topological polar surface area (TPSA) is 85.5 Å². The van der Waals surface area contributed by atoms with E-state index in [2.05, 4.69) is 27.7 Å². The number of nitriles is 1. The van der Waals surface area contributed by atoms with Crippen molar-refractivity contribution in [3.63, 3.8) is 0 Å². The summed E-state index contributed by atoms with van der Waals surface area (Å²) in [6.45, 7) is 1.26. The molecule has 0 bridgehead atoms. The molecule has 0 saturated carbocycles. The highest BCUT2D eigenvalue weighted by molar-refractivity contribution is 7.99. The summed E-state index contributed by atoms with van der Waals surface area (Å²) in [5.74, 6) is -0.915. The predicted octanol–water partition coefficient (Wildman–Crippen LogP) is 4.91. The molecule has 0 saturated heterocycles. The molecule has 0 aliphatic heterocycles. The monoisotopic (exact) mass is 471 g/mol. The van der Waals surface area contributed by atoms with E-state index in [9.17, 15) is 23.1 Å². The van der Waals surface area contributed by atoms with Crippen LogP contribution in [0, 0.1) is 11.3 Å². The molecule has 158 valence electrons. The number of amides is 1. The number of anilines is 1. The third-order valence-corrected chi connectivity index (χ3v) is 5.13. The number of isothiocyanates is 1. The molecule has 0 fully saturated rings. The number of hydrogen-bond acceptors (Lipinski definition) is 6. The van der Waals surface area contributed by atoms with E-state index in [1.54, 1.807) is 24.3 Å². The maximum atomic E-state index is 13.0. The van der Waals surface area contributed by atoms with Gasteiger partial charge in [-0.15, -0.1) is 11.8 Å². The molecule has 2 aromatic rings. The van der Waals surface area contributed by atoms with Crippen LogP contribution in [-0.2, 0) is 11.0 Å². The van der Waals surface area contributed by atoms with Crippen molar-refractivity contribution < 1.29 is 23.1 Å². The van der Waals surface area contributed by atoms with Crippen LogP contribution in [0.1, 0.15) is 18.1 Å². The van der Waals surface area contributed by atoms with Crippen LogP contribution in [0.4, 0.5) is 24.5 Å². The number of thiocarbonyl (C=S) groups is 1. The zero-order chi connectivity index (χ0) is 21.7. The van der Waals surface area contributed by atoms with E-state index in [-0.39, 0.29) is 24.9 Å². The molecular formula is C19H16F3N3O2S3. The van der Waals surface area contributed by atoms with Crippen LogP contribution in [0.2, 0.25) is 0 Å². The SMILES string of the molecule is C[C@@](O)(CSc1ccc(N=C=S)cc1)C(=O)Nc1ccc(C#N)c(C(F)(F)F)c1.S. The first-order valence-electron chi connectivity index (χ1n) is 8.03. The summed E-state index contributed by atoms with van der Waals surface area (Å²) in [5.41, 5.74) is -3.14. The lowest BCUT2D eigenvalue weighted by atomic mass is 10.1. The van der Waals surface area contributed by atoms with E-state index in [1.807, 2.05) is 0 Å². The fourth-order valence-corrected chi connectivity index (χ4v) is 3.19. The van der Waals surface area contributed by atoms with E-state index in [4.69, 9.17) is 5.26 Å². The number of benzene rings is 2. The van der Waals surface area contributed by atoms with Crippen LogP contribution in [0.15, 0.2) is 52.4 Å². The fraction of sp³-hybridized carbons (Fsp3) is 0.211. The van der Waals surface area contributed by atoms with Crippen LogP contribution in [-0.4, -0.2) is 27.5 Å². The Balaban J connectivity index is 0.00000450. The van der Waals surface area contributed by atoms with Gasteiger partial charge in [0.25, 0.3) is 5.91 Å². The normalized spacial score (nSPS) is 12.5. The van der Waals surface area contributed by atoms with Crippen molar-refractivity contribution in [1.29, 1.82) is 5.26 Å². The molecule has 1 amide bonds. The van der Waals surface area contributed by atoms with Gasteiger partial charge in [-0.3, -0.25) is 4.79 Å². The number of nitrogens with one attached hydrogen (secondary N) is 1. The number of thioether (sulfide) groups is 1. The van der Waals surface area contributed by atoms with Gasteiger partial charge in [0.2, 0.25) is 0 Å². The Bertz CT molecular complexity index is 997. The summed E-state index contributed by atoms with van der Waals surface area (Å²) in [6.07, 6.45) is -4.75.